The van der Waals surface area contributed by atoms with Crippen LogP contribution in [0, 0.1) is 27.2 Å². The molecular formula is C24H14BrClN4O8. The number of nitrogens with zero attached hydrogens (tertiary/aromatic N) is 3. The second kappa shape index (κ2) is 10.4. The molecule has 1 N–H and O–H groups in total. The lowest BCUT2D eigenvalue weighted by molar-refractivity contribution is -0.394. The molecule has 38 heavy (non-hydrogen) atoms. The summed E-state index contributed by atoms with van der Waals surface area (Å²) in [4.78, 5) is 59.7. The van der Waals surface area contributed by atoms with Crippen LogP contribution in [0.5, 0.6) is 11.5 Å². The minimum absolute atomic E-state index is 0.120. The van der Waals surface area contributed by atoms with Gasteiger partial charge in [0.25, 0.3) is 17.5 Å². The Hall–Kier alpha value is -4.62. The molecule has 1 aliphatic rings. The van der Waals surface area contributed by atoms with Crippen LogP contribution in [0.3, 0.4) is 0 Å². The highest BCUT2D eigenvalue weighted by molar-refractivity contribution is 9.10. The van der Waals surface area contributed by atoms with E-state index in [1.807, 2.05) is 0 Å². The van der Waals surface area contributed by atoms with Crippen LogP contribution in [0.15, 0.2) is 64.6 Å². The number of carbonyl (C=O) groups is 3. The number of urea groups is 1. The Bertz CT molecular complexity index is 1590. The monoisotopic (exact) mass is 600 g/mol. The number of non-ortho nitro benzene ring substituents is 1. The predicted octanol–water partition coefficient (Wildman–Crippen LogP) is 5.69. The summed E-state index contributed by atoms with van der Waals surface area (Å²) in [5, 5.41) is 24.8. The van der Waals surface area contributed by atoms with Gasteiger partial charge in [0.1, 0.15) is 11.3 Å². The van der Waals surface area contributed by atoms with Gasteiger partial charge in [-0.05, 0) is 70.4 Å². The van der Waals surface area contributed by atoms with Crippen molar-refractivity contribution in [2.45, 2.75) is 6.92 Å². The molecule has 0 saturated carbocycles. The molecule has 0 bridgehead atoms. The van der Waals surface area contributed by atoms with Gasteiger partial charge in [0.2, 0.25) is 5.75 Å². The number of halogens is 2. The van der Waals surface area contributed by atoms with E-state index in [9.17, 15) is 34.6 Å². The maximum absolute atomic E-state index is 13.2. The molecule has 1 aliphatic heterocycles. The van der Waals surface area contributed by atoms with Crippen molar-refractivity contribution in [3.63, 3.8) is 0 Å². The topological polar surface area (TPSA) is 162 Å². The minimum atomic E-state index is -0.919. The summed E-state index contributed by atoms with van der Waals surface area (Å²) in [6, 6.07) is 11.1. The van der Waals surface area contributed by atoms with Crippen molar-refractivity contribution in [1.29, 1.82) is 0 Å². The van der Waals surface area contributed by atoms with Crippen LogP contribution in [0.4, 0.5) is 21.9 Å². The Labute approximate surface area is 226 Å². The highest BCUT2D eigenvalue weighted by atomic mass is 79.9. The number of nitrogens with one attached hydrogen (secondary N) is 1. The van der Waals surface area contributed by atoms with E-state index in [0.29, 0.717) is 20.6 Å². The van der Waals surface area contributed by atoms with E-state index in [4.69, 9.17) is 16.3 Å². The van der Waals surface area contributed by atoms with E-state index in [-0.39, 0.29) is 22.8 Å². The number of ether oxygens (including phenoxy) is 1. The van der Waals surface area contributed by atoms with Gasteiger partial charge in [-0.3, -0.25) is 35.1 Å². The normalized spacial score (nSPS) is 14.4. The molecule has 14 heteroatoms. The molecule has 192 valence electrons. The second-order valence-electron chi connectivity index (χ2n) is 7.80. The quantitative estimate of drug-likeness (QED) is 0.163. The molecule has 3 aromatic carbocycles. The standard InChI is InChI=1S/C24H14BrClN4O8/c1-12-17(26)3-2-4-18(12)28-23(32)15(22(31)27-24(28)33)9-13-5-7-20(16(25)10-13)38-21-8-6-14(29(34)35)11-19(21)30(36)37/h2-11H,1H3,(H,27,31,33)/b15-9+. The fraction of sp³-hybridized carbons (Fsp3) is 0.0417. The largest absolute Gasteiger partial charge is 0.449 e. The molecule has 0 spiro atoms. The zero-order chi connectivity index (χ0) is 27.7. The van der Waals surface area contributed by atoms with E-state index in [0.717, 1.165) is 23.1 Å². The molecule has 0 aromatic heterocycles. The van der Waals surface area contributed by atoms with Gasteiger partial charge in [0.15, 0.2) is 0 Å². The molecular weight excluding hydrogens is 588 g/mol. The molecule has 1 heterocycles. The fourth-order valence-electron chi connectivity index (χ4n) is 3.54. The van der Waals surface area contributed by atoms with Crippen LogP contribution in [-0.2, 0) is 9.59 Å². The first-order valence-corrected chi connectivity index (χ1v) is 11.7. The van der Waals surface area contributed by atoms with Crippen LogP contribution in [0.1, 0.15) is 11.1 Å². The highest BCUT2D eigenvalue weighted by Gasteiger charge is 2.37. The van der Waals surface area contributed by atoms with Gasteiger partial charge in [0, 0.05) is 11.1 Å². The number of hydrogen-bond donors (Lipinski definition) is 1. The van der Waals surface area contributed by atoms with E-state index < -0.39 is 39.1 Å². The lowest BCUT2D eigenvalue weighted by Gasteiger charge is -2.27. The van der Waals surface area contributed by atoms with Gasteiger partial charge < -0.3 is 4.74 Å². The molecule has 0 radical (unpaired) electrons. The van der Waals surface area contributed by atoms with Crippen LogP contribution in [0.2, 0.25) is 5.02 Å². The zero-order valence-corrected chi connectivity index (χ0v) is 21.5. The first-order chi connectivity index (χ1) is 18.0. The molecule has 4 amide bonds. The van der Waals surface area contributed by atoms with Gasteiger partial charge in [-0.15, -0.1) is 0 Å². The zero-order valence-electron chi connectivity index (χ0n) is 19.1. The maximum Gasteiger partial charge on any atom is 0.335 e. The number of benzene rings is 3. The summed E-state index contributed by atoms with van der Waals surface area (Å²) < 4.78 is 5.89. The van der Waals surface area contributed by atoms with E-state index in [1.54, 1.807) is 19.1 Å². The van der Waals surface area contributed by atoms with Crippen molar-refractivity contribution >= 4 is 68.5 Å². The number of hydrogen-bond acceptors (Lipinski definition) is 8. The van der Waals surface area contributed by atoms with Crippen LogP contribution in [-0.4, -0.2) is 27.7 Å². The van der Waals surface area contributed by atoms with Gasteiger partial charge in [0.05, 0.1) is 26.1 Å². The number of imide groups is 2. The average molecular weight is 602 g/mol. The smallest absolute Gasteiger partial charge is 0.335 e. The molecule has 0 atom stereocenters. The Morgan fingerprint density at radius 1 is 1.00 bits per heavy atom. The summed E-state index contributed by atoms with van der Waals surface area (Å²) in [7, 11) is 0. The molecule has 3 aromatic rings. The lowest BCUT2D eigenvalue weighted by atomic mass is 10.1. The van der Waals surface area contributed by atoms with Crippen LogP contribution in [0.25, 0.3) is 6.08 Å². The maximum atomic E-state index is 13.2. The number of barbiturate groups is 1. The second-order valence-corrected chi connectivity index (χ2v) is 9.06. The van der Waals surface area contributed by atoms with Crippen molar-refractivity contribution < 1.29 is 29.0 Å². The molecule has 12 nitrogen and oxygen atoms in total. The molecule has 0 aliphatic carbocycles. The van der Waals surface area contributed by atoms with Crippen molar-refractivity contribution in [3.8, 4) is 11.5 Å². The first kappa shape index (κ1) is 26.4. The third-order valence-corrected chi connectivity index (χ3v) is 6.45. The first-order valence-electron chi connectivity index (χ1n) is 10.5. The number of carbonyl (C=O) groups excluding carboxylic acids is 3. The Balaban J connectivity index is 1.65. The number of nitro groups is 2. The van der Waals surface area contributed by atoms with Gasteiger partial charge in [-0.2, -0.15) is 0 Å². The summed E-state index contributed by atoms with van der Waals surface area (Å²) >= 11 is 9.40. The Kier molecular flexibility index (Phi) is 7.23. The summed E-state index contributed by atoms with van der Waals surface area (Å²) in [6.07, 6.45) is 1.26. The van der Waals surface area contributed by atoms with Crippen molar-refractivity contribution in [1.82, 2.24) is 5.32 Å². The van der Waals surface area contributed by atoms with E-state index >= 15 is 0 Å². The van der Waals surface area contributed by atoms with Crippen LogP contribution < -0.4 is 15.0 Å². The average Bonchev–Trinajstić information content (AvgIpc) is 2.85. The summed E-state index contributed by atoms with van der Waals surface area (Å²) in [5.41, 5.74) is -0.360. The lowest BCUT2D eigenvalue weighted by Crippen LogP contribution is -2.54. The molecule has 1 fully saturated rings. The third-order valence-electron chi connectivity index (χ3n) is 5.42. The van der Waals surface area contributed by atoms with E-state index in [1.165, 1.54) is 30.3 Å². The summed E-state index contributed by atoms with van der Waals surface area (Å²) in [5.74, 6) is -1.87. The van der Waals surface area contributed by atoms with Crippen molar-refractivity contribution in [3.05, 3.63) is 101 Å². The molecule has 0 unspecified atom stereocenters. The van der Waals surface area contributed by atoms with Crippen LogP contribution >= 0.6 is 27.5 Å². The number of amides is 4. The van der Waals surface area contributed by atoms with Gasteiger partial charge in [-0.25, -0.2) is 9.69 Å². The number of nitro benzene ring substituents is 2. The van der Waals surface area contributed by atoms with Gasteiger partial charge >= 0.3 is 11.7 Å². The number of anilines is 1. The highest BCUT2D eigenvalue weighted by Crippen LogP contribution is 2.38. The van der Waals surface area contributed by atoms with Gasteiger partial charge in [-0.1, -0.05) is 23.7 Å². The van der Waals surface area contributed by atoms with Crippen molar-refractivity contribution in [2.24, 2.45) is 0 Å². The third kappa shape index (κ3) is 5.10. The minimum Gasteiger partial charge on any atom is -0.449 e. The predicted molar refractivity (Wildman–Crippen MR) is 139 cm³/mol. The van der Waals surface area contributed by atoms with Crippen molar-refractivity contribution in [2.75, 3.05) is 4.90 Å². The molecule has 1 saturated heterocycles. The summed E-state index contributed by atoms with van der Waals surface area (Å²) in [6.45, 7) is 1.63. The fourth-order valence-corrected chi connectivity index (χ4v) is 4.18. The van der Waals surface area contributed by atoms with E-state index in [2.05, 4.69) is 21.2 Å². The SMILES string of the molecule is Cc1c(Cl)cccc1N1C(=O)NC(=O)/C(=C\c2ccc(Oc3ccc([N+](=O)[O-])cc3[N+](=O)[O-])c(Br)c2)C1=O. The Morgan fingerprint density at radius 2 is 1.71 bits per heavy atom. The Morgan fingerprint density at radius 3 is 2.37 bits per heavy atom. The number of rotatable bonds is 6. The molecule has 4 rings (SSSR count).